The van der Waals surface area contributed by atoms with Crippen LogP contribution in [0.2, 0.25) is 0 Å². The maximum Gasteiger partial charge on any atom is 0.134 e. The molecule has 80 valence electrons. The summed E-state index contributed by atoms with van der Waals surface area (Å²) in [5, 5.41) is 11.9. The van der Waals surface area contributed by atoms with E-state index in [9.17, 15) is 0 Å². The van der Waals surface area contributed by atoms with Crippen molar-refractivity contribution >= 4 is 5.71 Å². The smallest absolute Gasteiger partial charge is 0.134 e. The van der Waals surface area contributed by atoms with Crippen LogP contribution < -0.4 is 9.47 Å². The number of fused-ring (bicyclic) bond motifs is 1. The van der Waals surface area contributed by atoms with Gasteiger partial charge < -0.3 is 14.7 Å². The zero-order valence-corrected chi connectivity index (χ0v) is 8.73. The molecule has 1 N–H and O–H groups in total. The molecule has 1 heterocycles. The highest BCUT2D eigenvalue weighted by molar-refractivity contribution is 6.05. The molecule has 0 radical (unpaired) electrons. The van der Waals surface area contributed by atoms with Crippen LogP contribution in [0.15, 0.2) is 23.4 Å². The van der Waals surface area contributed by atoms with Gasteiger partial charge in [-0.25, -0.2) is 0 Å². The van der Waals surface area contributed by atoms with Gasteiger partial charge in [-0.3, -0.25) is 0 Å². The average Bonchev–Trinajstić information content (AvgIpc) is 2.58. The number of oxime groups is 1. The number of ether oxygens (including phenoxy) is 2. The van der Waals surface area contributed by atoms with Gasteiger partial charge in [0.25, 0.3) is 0 Å². The summed E-state index contributed by atoms with van der Waals surface area (Å²) in [6.07, 6.45) is 0.135. The third-order valence-corrected chi connectivity index (χ3v) is 2.12. The molecule has 0 fully saturated rings. The first-order valence-electron chi connectivity index (χ1n) is 4.85. The number of rotatable bonds is 2. The van der Waals surface area contributed by atoms with E-state index in [0.717, 1.165) is 11.3 Å². The van der Waals surface area contributed by atoms with Crippen LogP contribution >= 0.6 is 0 Å². The van der Waals surface area contributed by atoms with Gasteiger partial charge in [0.15, 0.2) is 0 Å². The first kappa shape index (κ1) is 9.83. The lowest BCUT2D eigenvalue weighted by atomic mass is 10.1. The van der Waals surface area contributed by atoms with Gasteiger partial charge in [0.1, 0.15) is 23.8 Å². The Morgan fingerprint density at radius 2 is 2.27 bits per heavy atom. The molecule has 0 saturated heterocycles. The van der Waals surface area contributed by atoms with E-state index >= 15 is 0 Å². The van der Waals surface area contributed by atoms with Crippen LogP contribution in [0, 0.1) is 0 Å². The molecule has 0 spiro atoms. The van der Waals surface area contributed by atoms with Crippen molar-refractivity contribution in [1.29, 1.82) is 0 Å². The van der Waals surface area contributed by atoms with Gasteiger partial charge in [-0.2, -0.15) is 0 Å². The van der Waals surface area contributed by atoms with Gasteiger partial charge in [0.2, 0.25) is 0 Å². The molecule has 4 nitrogen and oxygen atoms in total. The summed E-state index contributed by atoms with van der Waals surface area (Å²) < 4.78 is 10.9. The van der Waals surface area contributed by atoms with Gasteiger partial charge in [-0.1, -0.05) is 5.16 Å². The Morgan fingerprint density at radius 1 is 1.47 bits per heavy atom. The van der Waals surface area contributed by atoms with Gasteiger partial charge in [-0.05, 0) is 26.0 Å². The maximum absolute atomic E-state index is 8.70. The van der Waals surface area contributed by atoms with Gasteiger partial charge in [-0.15, -0.1) is 0 Å². The lowest BCUT2D eigenvalue weighted by molar-refractivity contribution is 0.241. The number of hydrogen-bond acceptors (Lipinski definition) is 4. The third kappa shape index (κ3) is 1.88. The summed E-state index contributed by atoms with van der Waals surface area (Å²) in [4.78, 5) is 0. The first-order chi connectivity index (χ1) is 7.20. The van der Waals surface area contributed by atoms with Crippen LogP contribution in [0.1, 0.15) is 19.4 Å². The Morgan fingerprint density at radius 3 is 2.93 bits per heavy atom. The van der Waals surface area contributed by atoms with E-state index in [1.807, 2.05) is 32.0 Å². The third-order valence-electron chi connectivity index (χ3n) is 2.12. The normalized spacial score (nSPS) is 16.6. The molecular weight excluding hydrogens is 194 g/mol. The van der Waals surface area contributed by atoms with Gasteiger partial charge >= 0.3 is 0 Å². The molecule has 0 bridgehead atoms. The summed E-state index contributed by atoms with van der Waals surface area (Å²) in [6, 6.07) is 5.50. The van der Waals surface area contributed by atoms with E-state index in [4.69, 9.17) is 14.7 Å². The molecule has 1 aliphatic rings. The molecule has 1 aliphatic heterocycles. The van der Waals surface area contributed by atoms with E-state index in [1.54, 1.807) is 0 Å². The number of hydrogen-bond donors (Lipinski definition) is 1. The average molecular weight is 207 g/mol. The van der Waals surface area contributed by atoms with Crippen LogP contribution in [0.3, 0.4) is 0 Å². The highest BCUT2D eigenvalue weighted by Crippen LogP contribution is 2.30. The Hall–Kier alpha value is -1.71. The molecular formula is C11H13NO3. The molecule has 1 aromatic carbocycles. The number of benzene rings is 1. The minimum absolute atomic E-state index is 0.135. The molecule has 1 aromatic rings. The van der Waals surface area contributed by atoms with Crippen molar-refractivity contribution < 1.29 is 14.7 Å². The van der Waals surface area contributed by atoms with Crippen LogP contribution in [0.5, 0.6) is 11.5 Å². The summed E-state index contributed by atoms with van der Waals surface area (Å²) in [5.74, 6) is 1.48. The maximum atomic E-state index is 8.70. The van der Waals surface area contributed by atoms with Gasteiger partial charge in [0.05, 0.1) is 6.10 Å². The van der Waals surface area contributed by atoms with Crippen molar-refractivity contribution in [2.24, 2.45) is 5.16 Å². The second kappa shape index (κ2) is 3.81. The molecule has 0 saturated carbocycles. The quantitative estimate of drug-likeness (QED) is 0.596. The van der Waals surface area contributed by atoms with Crippen LogP contribution in [0.25, 0.3) is 0 Å². The summed E-state index contributed by atoms with van der Waals surface area (Å²) in [5.41, 5.74) is 1.38. The van der Waals surface area contributed by atoms with Crippen molar-refractivity contribution in [3.05, 3.63) is 23.8 Å². The molecule has 15 heavy (non-hydrogen) atoms. The highest BCUT2D eigenvalue weighted by Gasteiger charge is 2.20. The van der Waals surface area contributed by atoms with Crippen molar-refractivity contribution in [1.82, 2.24) is 0 Å². The second-order valence-corrected chi connectivity index (χ2v) is 3.66. The fraction of sp³-hybridized carbons (Fsp3) is 0.364. The van der Waals surface area contributed by atoms with Crippen molar-refractivity contribution in [2.45, 2.75) is 20.0 Å². The topological polar surface area (TPSA) is 51.0 Å². The predicted molar refractivity (Wildman–Crippen MR) is 56.0 cm³/mol. The van der Waals surface area contributed by atoms with Crippen molar-refractivity contribution in [2.75, 3.05) is 6.61 Å². The van der Waals surface area contributed by atoms with E-state index < -0.39 is 0 Å². The summed E-state index contributed by atoms with van der Waals surface area (Å²) in [6.45, 7) is 4.25. The fourth-order valence-corrected chi connectivity index (χ4v) is 1.51. The number of nitrogens with zero attached hydrogens (tertiary/aromatic N) is 1. The highest BCUT2D eigenvalue weighted by atomic mass is 16.5. The Labute approximate surface area is 88.1 Å². The zero-order chi connectivity index (χ0) is 10.8. The van der Waals surface area contributed by atoms with Crippen LogP contribution in [-0.4, -0.2) is 23.6 Å². The summed E-state index contributed by atoms with van der Waals surface area (Å²) >= 11 is 0. The van der Waals surface area contributed by atoms with E-state index in [0.29, 0.717) is 18.1 Å². The van der Waals surface area contributed by atoms with Crippen molar-refractivity contribution in [3.63, 3.8) is 0 Å². The van der Waals surface area contributed by atoms with Crippen LogP contribution in [0.4, 0.5) is 0 Å². The van der Waals surface area contributed by atoms with E-state index in [-0.39, 0.29) is 6.10 Å². The first-order valence-corrected chi connectivity index (χ1v) is 4.85. The molecule has 2 rings (SSSR count). The minimum atomic E-state index is 0.135. The SMILES string of the molecule is CC(C)Oc1ccc2c(c1)OCC2=NO. The van der Waals surface area contributed by atoms with Crippen LogP contribution in [-0.2, 0) is 0 Å². The monoisotopic (exact) mass is 207 g/mol. The van der Waals surface area contributed by atoms with Gasteiger partial charge in [0, 0.05) is 11.6 Å². The standard InChI is InChI=1S/C11H13NO3/c1-7(2)15-8-3-4-9-10(12-13)6-14-11(9)5-8/h3-5,7,13H,6H2,1-2H3. The fourth-order valence-electron chi connectivity index (χ4n) is 1.51. The summed E-state index contributed by atoms with van der Waals surface area (Å²) in [7, 11) is 0. The molecule has 0 aromatic heterocycles. The lowest BCUT2D eigenvalue weighted by Crippen LogP contribution is -2.05. The molecule has 0 amide bonds. The lowest BCUT2D eigenvalue weighted by Gasteiger charge is -2.10. The Bertz CT molecular complexity index is 399. The Balaban J connectivity index is 2.29. The Kier molecular flexibility index (Phi) is 2.49. The van der Waals surface area contributed by atoms with E-state index in [1.165, 1.54) is 0 Å². The molecule has 0 aliphatic carbocycles. The van der Waals surface area contributed by atoms with Crippen molar-refractivity contribution in [3.8, 4) is 11.5 Å². The molecule has 0 atom stereocenters. The predicted octanol–water partition coefficient (Wildman–Crippen LogP) is 2.04. The zero-order valence-electron chi connectivity index (χ0n) is 8.73. The molecule has 0 unspecified atom stereocenters. The van der Waals surface area contributed by atoms with E-state index in [2.05, 4.69) is 5.16 Å². The second-order valence-electron chi connectivity index (χ2n) is 3.66. The minimum Gasteiger partial charge on any atom is -0.491 e. The largest absolute Gasteiger partial charge is 0.491 e. The molecule has 4 heteroatoms.